The Bertz CT molecular complexity index is 540. The lowest BCUT2D eigenvalue weighted by Gasteiger charge is -2.09. The average Bonchev–Trinajstić information content (AvgIpc) is 2.48. The van der Waals surface area contributed by atoms with Crippen LogP contribution in [0.3, 0.4) is 0 Å². The zero-order valence-electron chi connectivity index (χ0n) is 10.7. The number of benzene rings is 1. The van der Waals surface area contributed by atoms with Gasteiger partial charge in [0.1, 0.15) is 11.5 Å². The molecule has 0 amide bonds. The molecule has 4 nitrogen and oxygen atoms in total. The number of ether oxygens (including phenoxy) is 2. The highest BCUT2D eigenvalue weighted by Crippen LogP contribution is 2.23. The van der Waals surface area contributed by atoms with Crippen LogP contribution in [0.4, 0.5) is 0 Å². The van der Waals surface area contributed by atoms with Crippen LogP contribution in [0, 0.1) is 0 Å². The SMILES string of the molecule is COc1ccc(C=O)c(OCCc2ccccn2)c1. The molecule has 4 heteroatoms. The maximum atomic E-state index is 10.9. The van der Waals surface area contributed by atoms with Crippen LogP contribution in [-0.2, 0) is 6.42 Å². The lowest BCUT2D eigenvalue weighted by molar-refractivity contribution is 0.111. The summed E-state index contributed by atoms with van der Waals surface area (Å²) in [6.07, 6.45) is 3.21. The number of aromatic nitrogens is 1. The lowest BCUT2D eigenvalue weighted by Crippen LogP contribution is -2.04. The van der Waals surface area contributed by atoms with Crippen molar-refractivity contribution in [1.29, 1.82) is 0 Å². The third kappa shape index (κ3) is 3.55. The quantitative estimate of drug-likeness (QED) is 0.746. The number of aldehydes is 1. The van der Waals surface area contributed by atoms with Crippen molar-refractivity contribution in [3.63, 3.8) is 0 Å². The Kier molecular flexibility index (Phi) is 4.50. The maximum absolute atomic E-state index is 10.9. The molecule has 1 aromatic heterocycles. The summed E-state index contributed by atoms with van der Waals surface area (Å²) in [5.74, 6) is 1.20. The fourth-order valence-electron chi connectivity index (χ4n) is 1.68. The van der Waals surface area contributed by atoms with Gasteiger partial charge in [0.05, 0.1) is 19.3 Å². The summed E-state index contributed by atoms with van der Waals surface area (Å²) in [5.41, 5.74) is 1.47. The highest BCUT2D eigenvalue weighted by Gasteiger charge is 2.05. The molecular weight excluding hydrogens is 242 g/mol. The number of hydrogen-bond donors (Lipinski definition) is 0. The number of hydrogen-bond acceptors (Lipinski definition) is 4. The number of rotatable bonds is 6. The van der Waals surface area contributed by atoms with E-state index in [-0.39, 0.29) is 0 Å². The van der Waals surface area contributed by atoms with E-state index in [1.807, 2.05) is 18.2 Å². The minimum atomic E-state index is 0.463. The largest absolute Gasteiger partial charge is 0.497 e. The molecule has 1 aromatic carbocycles. The van der Waals surface area contributed by atoms with Crippen molar-refractivity contribution in [1.82, 2.24) is 4.98 Å². The minimum Gasteiger partial charge on any atom is -0.497 e. The molecule has 2 aromatic rings. The van der Waals surface area contributed by atoms with Crippen molar-refractivity contribution in [3.8, 4) is 11.5 Å². The van der Waals surface area contributed by atoms with Crippen LogP contribution in [0.1, 0.15) is 16.1 Å². The van der Waals surface area contributed by atoms with Crippen LogP contribution in [0.2, 0.25) is 0 Å². The first-order valence-electron chi connectivity index (χ1n) is 5.99. The summed E-state index contributed by atoms with van der Waals surface area (Å²) in [7, 11) is 1.58. The van der Waals surface area contributed by atoms with Gasteiger partial charge in [0.25, 0.3) is 0 Å². The van der Waals surface area contributed by atoms with E-state index >= 15 is 0 Å². The predicted molar refractivity (Wildman–Crippen MR) is 71.8 cm³/mol. The molecule has 0 unspecified atom stereocenters. The number of pyridine rings is 1. The summed E-state index contributed by atoms with van der Waals surface area (Å²) in [4.78, 5) is 15.1. The van der Waals surface area contributed by atoms with Gasteiger partial charge in [-0.1, -0.05) is 6.07 Å². The van der Waals surface area contributed by atoms with Crippen molar-refractivity contribution in [2.45, 2.75) is 6.42 Å². The molecule has 0 bridgehead atoms. The Morgan fingerprint density at radius 2 is 2.16 bits per heavy atom. The summed E-state index contributed by atoms with van der Waals surface area (Å²) in [5, 5.41) is 0. The number of carbonyl (C=O) groups excluding carboxylic acids is 1. The fraction of sp³-hybridized carbons (Fsp3) is 0.200. The second-order valence-corrected chi connectivity index (χ2v) is 3.94. The van der Waals surface area contributed by atoms with E-state index < -0.39 is 0 Å². The third-order valence-electron chi connectivity index (χ3n) is 2.69. The van der Waals surface area contributed by atoms with Crippen molar-refractivity contribution >= 4 is 6.29 Å². The zero-order valence-corrected chi connectivity index (χ0v) is 10.7. The Labute approximate surface area is 112 Å². The smallest absolute Gasteiger partial charge is 0.153 e. The highest BCUT2D eigenvalue weighted by molar-refractivity contribution is 5.79. The van der Waals surface area contributed by atoms with Crippen LogP contribution < -0.4 is 9.47 Å². The molecule has 0 aliphatic carbocycles. The molecule has 0 fully saturated rings. The Morgan fingerprint density at radius 3 is 2.84 bits per heavy atom. The minimum absolute atomic E-state index is 0.463. The van der Waals surface area contributed by atoms with Gasteiger partial charge in [-0.15, -0.1) is 0 Å². The topological polar surface area (TPSA) is 48.4 Å². The van der Waals surface area contributed by atoms with Gasteiger partial charge in [-0.25, -0.2) is 0 Å². The van der Waals surface area contributed by atoms with Crippen LogP contribution in [0.15, 0.2) is 42.6 Å². The predicted octanol–water partition coefficient (Wildman–Crippen LogP) is 2.52. The van der Waals surface area contributed by atoms with Crippen LogP contribution in [0.5, 0.6) is 11.5 Å². The molecule has 0 N–H and O–H groups in total. The Hall–Kier alpha value is -2.36. The Balaban J connectivity index is 2.00. The molecule has 0 spiro atoms. The highest BCUT2D eigenvalue weighted by atomic mass is 16.5. The van der Waals surface area contributed by atoms with E-state index in [1.165, 1.54) is 0 Å². The van der Waals surface area contributed by atoms with Gasteiger partial charge >= 0.3 is 0 Å². The first-order chi connectivity index (χ1) is 9.33. The third-order valence-corrected chi connectivity index (χ3v) is 2.69. The summed E-state index contributed by atoms with van der Waals surface area (Å²) in [6.45, 7) is 0.463. The molecule has 1 heterocycles. The van der Waals surface area contributed by atoms with Gasteiger partial charge in [-0.05, 0) is 24.3 Å². The molecule has 0 radical (unpaired) electrons. The number of nitrogens with zero attached hydrogens (tertiary/aromatic N) is 1. The maximum Gasteiger partial charge on any atom is 0.153 e. The van der Waals surface area contributed by atoms with Gasteiger partial charge in [-0.2, -0.15) is 0 Å². The van der Waals surface area contributed by atoms with E-state index in [1.54, 1.807) is 31.5 Å². The Morgan fingerprint density at radius 1 is 1.26 bits per heavy atom. The van der Waals surface area contributed by atoms with Gasteiger partial charge in [0.15, 0.2) is 6.29 Å². The molecular formula is C15H15NO3. The van der Waals surface area contributed by atoms with Crippen LogP contribution >= 0.6 is 0 Å². The summed E-state index contributed by atoms with van der Waals surface area (Å²) < 4.78 is 10.7. The first kappa shape index (κ1) is 13.1. The second kappa shape index (κ2) is 6.54. The van der Waals surface area contributed by atoms with Gasteiger partial charge < -0.3 is 9.47 Å². The van der Waals surface area contributed by atoms with E-state index in [0.29, 0.717) is 30.1 Å². The summed E-state index contributed by atoms with van der Waals surface area (Å²) in [6, 6.07) is 10.9. The fourth-order valence-corrected chi connectivity index (χ4v) is 1.68. The molecule has 2 rings (SSSR count). The molecule has 0 aliphatic rings. The van der Waals surface area contributed by atoms with Crippen LogP contribution in [0.25, 0.3) is 0 Å². The molecule has 0 aliphatic heterocycles. The van der Waals surface area contributed by atoms with E-state index in [9.17, 15) is 4.79 Å². The normalized spacial score (nSPS) is 9.95. The number of carbonyl (C=O) groups is 1. The first-order valence-corrected chi connectivity index (χ1v) is 5.99. The second-order valence-electron chi connectivity index (χ2n) is 3.94. The molecule has 0 saturated carbocycles. The molecule has 0 saturated heterocycles. The molecule has 0 atom stereocenters. The van der Waals surface area contributed by atoms with Gasteiger partial charge in [0.2, 0.25) is 0 Å². The van der Waals surface area contributed by atoms with Crippen molar-refractivity contribution < 1.29 is 14.3 Å². The van der Waals surface area contributed by atoms with Crippen molar-refractivity contribution in [2.24, 2.45) is 0 Å². The lowest BCUT2D eigenvalue weighted by atomic mass is 10.2. The average molecular weight is 257 g/mol. The van der Waals surface area contributed by atoms with E-state index in [0.717, 1.165) is 12.0 Å². The van der Waals surface area contributed by atoms with E-state index in [2.05, 4.69) is 4.98 Å². The standard InChI is InChI=1S/C15H15NO3/c1-18-14-6-5-12(11-17)15(10-14)19-9-7-13-4-2-3-8-16-13/h2-6,8,10-11H,7,9H2,1H3. The van der Waals surface area contributed by atoms with Crippen molar-refractivity contribution in [2.75, 3.05) is 13.7 Å². The number of methoxy groups -OCH3 is 1. The van der Waals surface area contributed by atoms with Gasteiger partial charge in [0, 0.05) is 24.4 Å². The molecule has 19 heavy (non-hydrogen) atoms. The monoisotopic (exact) mass is 257 g/mol. The summed E-state index contributed by atoms with van der Waals surface area (Å²) >= 11 is 0. The van der Waals surface area contributed by atoms with Crippen molar-refractivity contribution in [3.05, 3.63) is 53.9 Å². The molecule has 98 valence electrons. The zero-order chi connectivity index (χ0) is 13.5. The van der Waals surface area contributed by atoms with Gasteiger partial charge in [-0.3, -0.25) is 9.78 Å². The van der Waals surface area contributed by atoms with Crippen LogP contribution in [-0.4, -0.2) is 25.0 Å². The van der Waals surface area contributed by atoms with E-state index in [4.69, 9.17) is 9.47 Å².